The van der Waals surface area contributed by atoms with Gasteiger partial charge in [0.25, 0.3) is 5.91 Å². The molecule has 8 heteroatoms. The highest BCUT2D eigenvalue weighted by molar-refractivity contribution is 5.94. The Kier molecular flexibility index (Phi) is 10.6. The molecule has 2 atom stereocenters. The molecule has 1 aromatic rings. The van der Waals surface area contributed by atoms with Crippen molar-refractivity contribution in [2.24, 2.45) is 0 Å². The molecule has 2 fully saturated rings. The number of hydrogen-bond donors (Lipinski definition) is 1. The number of ether oxygens (including phenoxy) is 3. The summed E-state index contributed by atoms with van der Waals surface area (Å²) >= 11 is 0. The van der Waals surface area contributed by atoms with Crippen molar-refractivity contribution in [3.05, 3.63) is 35.4 Å². The predicted molar refractivity (Wildman–Crippen MR) is 128 cm³/mol. The van der Waals surface area contributed by atoms with Gasteiger partial charge in [-0.05, 0) is 32.9 Å². The molecule has 2 unspecified atom stereocenters. The zero-order valence-corrected chi connectivity index (χ0v) is 20.4. The fourth-order valence-corrected chi connectivity index (χ4v) is 4.20. The standard InChI is InChI=1S/C25H41N3O5/c1-20(2)33-19-23(29)16-27-12-15-32-24(17-27)18-28(9-8-26-10-13-31-14-11-26)25(30)22-6-4-21(3)5-7-22/h4-7,20,23-24,29H,8-19H2,1-3H3. The highest BCUT2D eigenvalue weighted by Crippen LogP contribution is 2.13. The van der Waals surface area contributed by atoms with Crippen LogP contribution in [0.4, 0.5) is 0 Å². The Labute approximate surface area is 198 Å². The van der Waals surface area contributed by atoms with Crippen LogP contribution >= 0.6 is 0 Å². The monoisotopic (exact) mass is 463 g/mol. The molecule has 0 spiro atoms. The van der Waals surface area contributed by atoms with Gasteiger partial charge < -0.3 is 24.2 Å². The highest BCUT2D eigenvalue weighted by atomic mass is 16.5. The number of aryl methyl sites for hydroxylation is 1. The van der Waals surface area contributed by atoms with E-state index in [1.165, 1.54) is 0 Å². The maximum atomic E-state index is 13.4. The van der Waals surface area contributed by atoms with Gasteiger partial charge in [-0.2, -0.15) is 0 Å². The second-order valence-corrected chi connectivity index (χ2v) is 9.36. The minimum absolute atomic E-state index is 0.0364. The molecule has 1 aromatic carbocycles. The van der Waals surface area contributed by atoms with Crippen LogP contribution in [0.5, 0.6) is 0 Å². The second-order valence-electron chi connectivity index (χ2n) is 9.36. The molecule has 186 valence electrons. The van der Waals surface area contributed by atoms with Crippen LogP contribution in [-0.2, 0) is 14.2 Å². The summed E-state index contributed by atoms with van der Waals surface area (Å²) in [5.41, 5.74) is 1.84. The zero-order valence-electron chi connectivity index (χ0n) is 20.4. The van der Waals surface area contributed by atoms with Crippen LogP contribution in [0.3, 0.4) is 0 Å². The lowest BCUT2D eigenvalue weighted by molar-refractivity contribution is -0.0633. The Morgan fingerprint density at radius 1 is 1.15 bits per heavy atom. The number of carbonyl (C=O) groups is 1. The lowest BCUT2D eigenvalue weighted by atomic mass is 10.1. The first kappa shape index (κ1) is 26.1. The Bertz CT molecular complexity index is 708. The average molecular weight is 464 g/mol. The molecular weight excluding hydrogens is 422 g/mol. The van der Waals surface area contributed by atoms with Gasteiger partial charge in [-0.15, -0.1) is 0 Å². The summed E-state index contributed by atoms with van der Waals surface area (Å²) in [6.45, 7) is 14.2. The van der Waals surface area contributed by atoms with Crippen molar-refractivity contribution in [2.45, 2.75) is 39.1 Å². The minimum atomic E-state index is -0.530. The van der Waals surface area contributed by atoms with Crippen molar-refractivity contribution in [3.8, 4) is 0 Å². The molecule has 2 aliphatic rings. The van der Waals surface area contributed by atoms with Crippen molar-refractivity contribution >= 4 is 5.91 Å². The first-order valence-corrected chi connectivity index (χ1v) is 12.2. The predicted octanol–water partition coefficient (Wildman–Crippen LogP) is 1.26. The van der Waals surface area contributed by atoms with Gasteiger partial charge >= 0.3 is 0 Å². The first-order chi connectivity index (χ1) is 15.9. The molecule has 0 aromatic heterocycles. The number of aliphatic hydroxyl groups excluding tert-OH is 1. The average Bonchev–Trinajstić information content (AvgIpc) is 2.81. The molecule has 8 nitrogen and oxygen atoms in total. The molecule has 2 aliphatic heterocycles. The molecule has 0 radical (unpaired) electrons. The molecule has 0 bridgehead atoms. The molecule has 1 amide bonds. The second kappa shape index (κ2) is 13.4. The Balaban J connectivity index is 1.58. The van der Waals surface area contributed by atoms with E-state index in [1.807, 2.05) is 49.9 Å². The van der Waals surface area contributed by atoms with Crippen molar-refractivity contribution in [1.82, 2.24) is 14.7 Å². The van der Waals surface area contributed by atoms with E-state index in [9.17, 15) is 9.90 Å². The number of benzene rings is 1. The number of amides is 1. The minimum Gasteiger partial charge on any atom is -0.389 e. The molecule has 2 heterocycles. The lowest BCUT2D eigenvalue weighted by Crippen LogP contribution is -2.52. The van der Waals surface area contributed by atoms with Crippen LogP contribution in [0.15, 0.2) is 24.3 Å². The van der Waals surface area contributed by atoms with E-state index >= 15 is 0 Å². The van der Waals surface area contributed by atoms with E-state index < -0.39 is 6.10 Å². The number of nitrogens with zero attached hydrogens (tertiary/aromatic N) is 3. The zero-order chi connectivity index (χ0) is 23.6. The van der Waals surface area contributed by atoms with E-state index in [0.717, 1.165) is 45.0 Å². The van der Waals surface area contributed by atoms with E-state index in [-0.39, 0.29) is 18.1 Å². The summed E-state index contributed by atoms with van der Waals surface area (Å²) in [6, 6.07) is 7.76. The number of aliphatic hydroxyl groups is 1. The number of morpholine rings is 2. The van der Waals surface area contributed by atoms with Crippen molar-refractivity contribution in [1.29, 1.82) is 0 Å². The normalized spacial score (nSPS) is 21.3. The van der Waals surface area contributed by atoms with Gasteiger partial charge in [0.05, 0.1) is 44.7 Å². The first-order valence-electron chi connectivity index (χ1n) is 12.2. The van der Waals surface area contributed by atoms with Crippen LogP contribution in [0.2, 0.25) is 0 Å². The molecule has 0 aliphatic carbocycles. The Morgan fingerprint density at radius 2 is 1.85 bits per heavy atom. The topological polar surface area (TPSA) is 74.7 Å². The van der Waals surface area contributed by atoms with Gasteiger partial charge in [-0.1, -0.05) is 17.7 Å². The quantitative estimate of drug-likeness (QED) is 0.530. The third-order valence-electron chi connectivity index (χ3n) is 6.11. The number of carbonyl (C=O) groups excluding carboxylic acids is 1. The third-order valence-corrected chi connectivity index (χ3v) is 6.11. The van der Waals surface area contributed by atoms with Crippen LogP contribution in [0, 0.1) is 6.92 Å². The SMILES string of the molecule is Cc1ccc(C(=O)N(CCN2CCOCC2)CC2CN(CC(O)COC(C)C)CCO2)cc1. The van der Waals surface area contributed by atoms with Crippen LogP contribution < -0.4 is 0 Å². The molecule has 33 heavy (non-hydrogen) atoms. The third kappa shape index (κ3) is 8.96. The lowest BCUT2D eigenvalue weighted by Gasteiger charge is -2.37. The summed E-state index contributed by atoms with van der Waals surface area (Å²) in [4.78, 5) is 19.8. The maximum Gasteiger partial charge on any atom is 0.253 e. The smallest absolute Gasteiger partial charge is 0.253 e. The number of rotatable bonds is 11. The molecule has 0 saturated carbocycles. The summed E-state index contributed by atoms with van der Waals surface area (Å²) in [5, 5.41) is 10.3. The van der Waals surface area contributed by atoms with Gasteiger partial charge in [-0.3, -0.25) is 14.6 Å². The van der Waals surface area contributed by atoms with Crippen molar-refractivity contribution in [3.63, 3.8) is 0 Å². The molecule has 3 rings (SSSR count). The molecule has 2 saturated heterocycles. The summed E-state index contributed by atoms with van der Waals surface area (Å²) in [5.74, 6) is 0.0364. The van der Waals surface area contributed by atoms with Gasteiger partial charge in [0.2, 0.25) is 0 Å². The summed E-state index contributed by atoms with van der Waals surface area (Å²) in [6.07, 6.45) is -0.515. The number of hydrogen-bond acceptors (Lipinski definition) is 7. The van der Waals surface area contributed by atoms with Crippen LogP contribution in [0.25, 0.3) is 0 Å². The van der Waals surface area contributed by atoms with E-state index in [4.69, 9.17) is 14.2 Å². The highest BCUT2D eigenvalue weighted by Gasteiger charge is 2.27. The summed E-state index contributed by atoms with van der Waals surface area (Å²) in [7, 11) is 0. The Hall–Kier alpha value is -1.55. The number of β-amino-alcohol motifs (C(OH)–C–C–N with tert-alkyl or cyclic N) is 1. The van der Waals surface area contributed by atoms with E-state index in [2.05, 4.69) is 9.80 Å². The molecular formula is C25H41N3O5. The largest absolute Gasteiger partial charge is 0.389 e. The van der Waals surface area contributed by atoms with Gasteiger partial charge in [-0.25, -0.2) is 0 Å². The van der Waals surface area contributed by atoms with E-state index in [1.54, 1.807) is 0 Å². The van der Waals surface area contributed by atoms with Crippen LogP contribution in [0.1, 0.15) is 29.8 Å². The Morgan fingerprint density at radius 3 is 2.55 bits per heavy atom. The van der Waals surface area contributed by atoms with Crippen molar-refractivity contribution in [2.75, 3.05) is 78.8 Å². The fraction of sp³-hybridized carbons (Fsp3) is 0.720. The van der Waals surface area contributed by atoms with Gasteiger partial charge in [0, 0.05) is 57.9 Å². The summed E-state index contributed by atoms with van der Waals surface area (Å²) < 4.78 is 17.0. The maximum absolute atomic E-state index is 13.4. The van der Waals surface area contributed by atoms with E-state index in [0.29, 0.717) is 45.0 Å². The van der Waals surface area contributed by atoms with Gasteiger partial charge in [0.15, 0.2) is 0 Å². The molecule has 1 N–H and O–H groups in total. The van der Waals surface area contributed by atoms with Crippen LogP contribution in [-0.4, -0.2) is 123 Å². The fourth-order valence-electron chi connectivity index (χ4n) is 4.20. The van der Waals surface area contributed by atoms with Gasteiger partial charge in [0.1, 0.15) is 0 Å². The van der Waals surface area contributed by atoms with Crippen molar-refractivity contribution < 1.29 is 24.1 Å².